The van der Waals surface area contributed by atoms with E-state index in [0.717, 1.165) is 25.5 Å². The quantitative estimate of drug-likeness (QED) is 0.296. The van der Waals surface area contributed by atoms with Crippen molar-refractivity contribution >= 4 is 8.80 Å². The van der Waals surface area contributed by atoms with Crippen LogP contribution in [0.2, 0.25) is 6.04 Å². The largest absolute Gasteiger partial charge is 0.501 e. The van der Waals surface area contributed by atoms with Crippen molar-refractivity contribution < 1.29 is 22.8 Å². The molecule has 1 aliphatic heterocycles. The number of hydrogen-bond acceptors (Lipinski definition) is 5. The van der Waals surface area contributed by atoms with Crippen molar-refractivity contribution in [2.24, 2.45) is 0 Å². The topological polar surface area (TPSA) is 49.5 Å². The highest BCUT2D eigenvalue weighted by molar-refractivity contribution is 6.60. The van der Waals surface area contributed by atoms with Crippen LogP contribution < -0.4 is 0 Å². The van der Waals surface area contributed by atoms with E-state index in [0.29, 0.717) is 39.1 Å². The van der Waals surface area contributed by atoms with Crippen molar-refractivity contribution in [3.05, 3.63) is 0 Å². The molecule has 19 heavy (non-hydrogen) atoms. The number of ether oxygens (including phenoxy) is 2. The molecule has 1 heterocycles. The van der Waals surface area contributed by atoms with Crippen molar-refractivity contribution in [1.82, 2.24) is 0 Å². The van der Waals surface area contributed by atoms with Gasteiger partial charge in [-0.1, -0.05) is 6.92 Å². The first-order chi connectivity index (χ1) is 9.26. The van der Waals surface area contributed by atoms with Gasteiger partial charge in [-0.15, -0.1) is 0 Å². The number of rotatable bonds is 13. The molecule has 114 valence electrons. The highest BCUT2D eigenvalue weighted by atomic mass is 28.4. The Morgan fingerprint density at radius 2 is 1.74 bits per heavy atom. The van der Waals surface area contributed by atoms with Crippen molar-refractivity contribution in [1.29, 1.82) is 0 Å². The molecule has 1 saturated heterocycles. The van der Waals surface area contributed by atoms with Crippen LogP contribution in [-0.4, -0.2) is 54.5 Å². The molecule has 0 aromatic rings. The summed E-state index contributed by atoms with van der Waals surface area (Å²) in [4.78, 5) is 0. The van der Waals surface area contributed by atoms with Crippen LogP contribution in [0.15, 0.2) is 0 Å². The van der Waals surface area contributed by atoms with E-state index in [2.05, 4.69) is 6.92 Å². The molecular formula is C13H28O5Si. The fourth-order valence-electron chi connectivity index (χ4n) is 1.81. The Bertz CT molecular complexity index is 217. The van der Waals surface area contributed by atoms with Crippen molar-refractivity contribution in [2.45, 2.75) is 45.8 Å². The molecule has 0 aromatic carbocycles. The van der Waals surface area contributed by atoms with Crippen LogP contribution in [0.1, 0.15) is 33.6 Å². The van der Waals surface area contributed by atoms with Gasteiger partial charge in [0.25, 0.3) is 0 Å². The first-order valence-corrected chi connectivity index (χ1v) is 9.30. The molecule has 5 nitrogen and oxygen atoms in total. The molecule has 1 rings (SSSR count). The van der Waals surface area contributed by atoms with Gasteiger partial charge in [0.1, 0.15) is 6.10 Å². The molecule has 0 aromatic heterocycles. The molecule has 0 bridgehead atoms. The van der Waals surface area contributed by atoms with Gasteiger partial charge in [0.15, 0.2) is 0 Å². The lowest BCUT2D eigenvalue weighted by atomic mass is 10.5. The van der Waals surface area contributed by atoms with E-state index in [1.54, 1.807) is 0 Å². The van der Waals surface area contributed by atoms with E-state index in [1.807, 2.05) is 13.8 Å². The maximum Gasteiger partial charge on any atom is 0.501 e. The summed E-state index contributed by atoms with van der Waals surface area (Å²) in [6.07, 6.45) is 2.21. The summed E-state index contributed by atoms with van der Waals surface area (Å²) in [7, 11) is -2.49. The van der Waals surface area contributed by atoms with Crippen LogP contribution in [0.3, 0.4) is 0 Å². The molecule has 0 saturated carbocycles. The third-order valence-corrected chi connectivity index (χ3v) is 5.80. The van der Waals surface area contributed by atoms with E-state index in [-0.39, 0.29) is 0 Å². The molecular weight excluding hydrogens is 264 g/mol. The molecule has 1 fully saturated rings. The van der Waals surface area contributed by atoms with Gasteiger partial charge in [0.2, 0.25) is 0 Å². The van der Waals surface area contributed by atoms with Crippen LogP contribution in [-0.2, 0) is 22.8 Å². The van der Waals surface area contributed by atoms with Crippen LogP contribution in [0.5, 0.6) is 0 Å². The van der Waals surface area contributed by atoms with E-state index in [4.69, 9.17) is 22.8 Å². The molecule has 0 amide bonds. The zero-order valence-electron chi connectivity index (χ0n) is 12.5. The standard InChI is InChI=1S/C13H28O5Si/c1-4-8-18-19(16-5-2,17-6-3)10-7-9-14-11-13-12-15-13/h13H,4-12H2,1-3H3. The van der Waals surface area contributed by atoms with E-state index in [1.165, 1.54) is 0 Å². The van der Waals surface area contributed by atoms with E-state index < -0.39 is 8.80 Å². The summed E-state index contributed by atoms with van der Waals surface area (Å²) in [5.41, 5.74) is 0. The zero-order valence-corrected chi connectivity index (χ0v) is 13.5. The molecule has 0 radical (unpaired) electrons. The zero-order chi connectivity index (χ0) is 14.0. The number of epoxide rings is 1. The maximum atomic E-state index is 5.91. The Balaban J connectivity index is 2.26. The SMILES string of the molecule is CCCO[Si](CCCOCC1CO1)(OCC)OCC. The molecule has 1 aliphatic rings. The second-order valence-corrected chi connectivity index (χ2v) is 7.26. The van der Waals surface area contributed by atoms with Gasteiger partial charge < -0.3 is 22.8 Å². The Kier molecular flexibility index (Phi) is 8.85. The third-order valence-electron chi connectivity index (χ3n) is 2.73. The van der Waals surface area contributed by atoms with Crippen LogP contribution in [0.25, 0.3) is 0 Å². The third kappa shape index (κ3) is 7.39. The highest BCUT2D eigenvalue weighted by Crippen LogP contribution is 2.19. The predicted molar refractivity (Wildman–Crippen MR) is 75.2 cm³/mol. The average molecular weight is 292 g/mol. The smallest absolute Gasteiger partial charge is 0.379 e. The van der Waals surface area contributed by atoms with E-state index >= 15 is 0 Å². The predicted octanol–water partition coefficient (Wildman–Crippen LogP) is 2.23. The van der Waals surface area contributed by atoms with Gasteiger partial charge in [-0.25, -0.2) is 0 Å². The lowest BCUT2D eigenvalue weighted by Gasteiger charge is -2.28. The minimum Gasteiger partial charge on any atom is -0.379 e. The summed E-state index contributed by atoms with van der Waals surface area (Å²) in [6, 6.07) is 0.820. The maximum absolute atomic E-state index is 5.91. The molecule has 1 unspecified atom stereocenters. The Hall–Kier alpha value is 0.0169. The second-order valence-electron chi connectivity index (χ2n) is 4.53. The minimum atomic E-state index is -2.49. The summed E-state index contributed by atoms with van der Waals surface area (Å²) in [6.45, 7) is 10.3. The van der Waals surface area contributed by atoms with Gasteiger partial charge in [-0.3, -0.25) is 0 Å². The molecule has 6 heteroatoms. The molecule has 0 aliphatic carbocycles. The molecule has 0 N–H and O–H groups in total. The highest BCUT2D eigenvalue weighted by Gasteiger charge is 2.39. The monoisotopic (exact) mass is 292 g/mol. The summed E-state index contributed by atoms with van der Waals surface area (Å²) in [5.74, 6) is 0. The minimum absolute atomic E-state index is 0.331. The van der Waals surface area contributed by atoms with Crippen LogP contribution in [0, 0.1) is 0 Å². The normalized spacial score (nSPS) is 18.8. The lowest BCUT2D eigenvalue weighted by molar-refractivity contribution is 0.0612. The van der Waals surface area contributed by atoms with Gasteiger partial charge >= 0.3 is 8.80 Å². The summed E-state index contributed by atoms with van der Waals surface area (Å²) < 4.78 is 28.2. The van der Waals surface area contributed by atoms with E-state index in [9.17, 15) is 0 Å². The Labute approximate surface area is 117 Å². The molecule has 1 atom stereocenters. The molecule has 0 spiro atoms. The first-order valence-electron chi connectivity index (χ1n) is 7.37. The van der Waals surface area contributed by atoms with Crippen molar-refractivity contribution in [2.75, 3.05) is 39.6 Å². The Morgan fingerprint density at radius 1 is 1.05 bits per heavy atom. The Morgan fingerprint density at radius 3 is 2.26 bits per heavy atom. The first kappa shape index (κ1) is 17.1. The van der Waals surface area contributed by atoms with Gasteiger partial charge in [-0.2, -0.15) is 0 Å². The van der Waals surface area contributed by atoms with Gasteiger partial charge in [0, 0.05) is 32.5 Å². The van der Waals surface area contributed by atoms with Crippen LogP contribution >= 0.6 is 0 Å². The fraction of sp³-hybridized carbons (Fsp3) is 1.00. The lowest BCUT2D eigenvalue weighted by Crippen LogP contribution is -2.46. The summed E-state index contributed by atoms with van der Waals surface area (Å²) >= 11 is 0. The van der Waals surface area contributed by atoms with Crippen molar-refractivity contribution in [3.8, 4) is 0 Å². The van der Waals surface area contributed by atoms with Gasteiger partial charge in [-0.05, 0) is 26.7 Å². The van der Waals surface area contributed by atoms with Gasteiger partial charge in [0.05, 0.1) is 13.2 Å². The average Bonchev–Trinajstić information content (AvgIpc) is 3.21. The fourth-order valence-corrected chi connectivity index (χ4v) is 4.46. The van der Waals surface area contributed by atoms with Crippen LogP contribution in [0.4, 0.5) is 0 Å². The van der Waals surface area contributed by atoms with Crippen molar-refractivity contribution in [3.63, 3.8) is 0 Å². The summed E-state index contributed by atoms with van der Waals surface area (Å²) in [5, 5.41) is 0. The second kappa shape index (κ2) is 9.85. The number of hydrogen-bond donors (Lipinski definition) is 0.